The van der Waals surface area contributed by atoms with Crippen LogP contribution in [0.2, 0.25) is 0 Å². The smallest absolute Gasteiger partial charge is 0.375 e. The van der Waals surface area contributed by atoms with E-state index >= 15 is 0 Å². The van der Waals surface area contributed by atoms with Crippen molar-refractivity contribution in [3.63, 3.8) is 0 Å². The van der Waals surface area contributed by atoms with Gasteiger partial charge in [0.05, 0.1) is 11.5 Å². The van der Waals surface area contributed by atoms with Gasteiger partial charge in [0.1, 0.15) is 0 Å². The topological polar surface area (TPSA) is 21.3 Å². The van der Waals surface area contributed by atoms with Gasteiger partial charge < -0.3 is 10.1 Å². The summed E-state index contributed by atoms with van der Waals surface area (Å²) in [7, 11) is 0. The standard InChI is InChI=1S/C16H26F3NO/c17-16(18,19)13-4-8-20-14(10-13)12-5-9-21-15(11-12)6-2-1-3-7-15/h12-14,20H,1-11H2. The van der Waals surface area contributed by atoms with Gasteiger partial charge >= 0.3 is 6.18 Å². The number of piperidine rings is 1. The SMILES string of the molecule is FC(F)(F)C1CCNC(C2CCOC3(CCCCC3)C2)C1. The Hall–Kier alpha value is -0.290. The first kappa shape index (κ1) is 15.6. The maximum absolute atomic E-state index is 13.0. The van der Waals surface area contributed by atoms with E-state index in [1.165, 1.54) is 19.3 Å². The van der Waals surface area contributed by atoms with Crippen molar-refractivity contribution >= 4 is 0 Å². The van der Waals surface area contributed by atoms with E-state index in [9.17, 15) is 13.2 Å². The second-order valence-corrected chi connectivity index (χ2v) is 7.17. The van der Waals surface area contributed by atoms with Crippen molar-refractivity contribution in [2.24, 2.45) is 11.8 Å². The van der Waals surface area contributed by atoms with Crippen molar-refractivity contribution in [1.29, 1.82) is 0 Å². The van der Waals surface area contributed by atoms with Crippen LogP contribution in [0.25, 0.3) is 0 Å². The lowest BCUT2D eigenvalue weighted by atomic mass is 9.72. The molecule has 3 aliphatic rings. The number of hydrogen-bond acceptors (Lipinski definition) is 2. The van der Waals surface area contributed by atoms with Crippen LogP contribution in [0.5, 0.6) is 0 Å². The summed E-state index contributed by atoms with van der Waals surface area (Å²) in [6.45, 7) is 1.22. The predicted octanol–water partition coefficient (Wildman–Crippen LogP) is 4.05. The van der Waals surface area contributed by atoms with Crippen LogP contribution < -0.4 is 5.32 Å². The molecule has 3 unspecified atom stereocenters. The molecule has 2 nitrogen and oxygen atoms in total. The summed E-state index contributed by atoms with van der Waals surface area (Å²) in [4.78, 5) is 0. The zero-order valence-corrected chi connectivity index (χ0v) is 12.6. The summed E-state index contributed by atoms with van der Waals surface area (Å²) in [5.41, 5.74) is -0.0198. The van der Waals surface area contributed by atoms with Crippen molar-refractivity contribution in [2.45, 2.75) is 75.6 Å². The van der Waals surface area contributed by atoms with Crippen LogP contribution in [-0.2, 0) is 4.74 Å². The van der Waals surface area contributed by atoms with E-state index in [2.05, 4.69) is 5.32 Å². The molecule has 5 heteroatoms. The maximum Gasteiger partial charge on any atom is 0.391 e. The van der Waals surface area contributed by atoms with Gasteiger partial charge in [-0.2, -0.15) is 13.2 Å². The third-order valence-electron chi connectivity index (χ3n) is 5.77. The summed E-state index contributed by atoms with van der Waals surface area (Å²) < 4.78 is 45.0. The molecule has 0 radical (unpaired) electrons. The lowest BCUT2D eigenvalue weighted by Crippen LogP contribution is -2.51. The van der Waals surface area contributed by atoms with Crippen LogP contribution in [0.3, 0.4) is 0 Å². The Morgan fingerprint density at radius 2 is 1.81 bits per heavy atom. The van der Waals surface area contributed by atoms with Gasteiger partial charge in [0.25, 0.3) is 0 Å². The van der Waals surface area contributed by atoms with Crippen molar-refractivity contribution in [2.75, 3.05) is 13.2 Å². The largest absolute Gasteiger partial charge is 0.391 e. The highest BCUT2D eigenvalue weighted by Crippen LogP contribution is 2.44. The monoisotopic (exact) mass is 305 g/mol. The molecule has 3 rings (SSSR count). The van der Waals surface area contributed by atoms with Gasteiger partial charge in [0.15, 0.2) is 0 Å². The molecule has 1 aliphatic carbocycles. The van der Waals surface area contributed by atoms with E-state index < -0.39 is 12.1 Å². The van der Waals surface area contributed by atoms with Crippen molar-refractivity contribution in [3.8, 4) is 0 Å². The fraction of sp³-hybridized carbons (Fsp3) is 1.00. The Bertz CT molecular complexity index is 346. The average Bonchev–Trinajstić information content (AvgIpc) is 2.47. The van der Waals surface area contributed by atoms with Crippen molar-refractivity contribution in [3.05, 3.63) is 0 Å². The maximum atomic E-state index is 13.0. The molecule has 0 aromatic carbocycles. The molecule has 2 aliphatic heterocycles. The molecule has 3 atom stereocenters. The first-order valence-electron chi connectivity index (χ1n) is 8.43. The van der Waals surface area contributed by atoms with Crippen LogP contribution in [0.4, 0.5) is 13.2 Å². The van der Waals surface area contributed by atoms with Gasteiger partial charge in [0.2, 0.25) is 0 Å². The molecule has 1 saturated carbocycles. The fourth-order valence-electron chi connectivity index (χ4n) is 4.56. The van der Waals surface area contributed by atoms with Gasteiger partial charge in [-0.1, -0.05) is 19.3 Å². The normalized spacial score (nSPS) is 37.6. The van der Waals surface area contributed by atoms with Gasteiger partial charge in [-0.3, -0.25) is 0 Å². The van der Waals surface area contributed by atoms with Gasteiger partial charge in [0, 0.05) is 12.6 Å². The molecule has 0 amide bonds. The summed E-state index contributed by atoms with van der Waals surface area (Å²) in [5, 5.41) is 3.36. The zero-order chi connectivity index (χ0) is 14.9. The Morgan fingerprint density at radius 3 is 2.52 bits per heavy atom. The quantitative estimate of drug-likeness (QED) is 0.789. The third kappa shape index (κ3) is 3.55. The van der Waals surface area contributed by atoms with E-state index in [0.717, 1.165) is 32.3 Å². The average molecular weight is 305 g/mol. The first-order chi connectivity index (χ1) is 9.99. The minimum absolute atomic E-state index is 0.0198. The van der Waals surface area contributed by atoms with Gasteiger partial charge in [-0.05, 0) is 51.0 Å². The first-order valence-corrected chi connectivity index (χ1v) is 8.43. The molecule has 2 saturated heterocycles. The van der Waals surface area contributed by atoms with Crippen LogP contribution >= 0.6 is 0 Å². The molecule has 0 aromatic rings. The molecule has 2 heterocycles. The molecular weight excluding hydrogens is 279 g/mol. The second kappa shape index (κ2) is 6.07. The Kier molecular flexibility index (Phi) is 4.51. The van der Waals surface area contributed by atoms with E-state index in [1.807, 2.05) is 0 Å². The number of hydrogen-bond donors (Lipinski definition) is 1. The lowest BCUT2D eigenvalue weighted by molar-refractivity contribution is -0.187. The van der Waals surface area contributed by atoms with Crippen molar-refractivity contribution < 1.29 is 17.9 Å². The fourth-order valence-corrected chi connectivity index (χ4v) is 4.56. The number of ether oxygens (including phenoxy) is 1. The molecule has 0 bridgehead atoms. The van der Waals surface area contributed by atoms with Gasteiger partial charge in [-0.25, -0.2) is 0 Å². The van der Waals surface area contributed by atoms with E-state index in [1.54, 1.807) is 0 Å². The minimum atomic E-state index is -4.03. The number of rotatable bonds is 1. The van der Waals surface area contributed by atoms with Gasteiger partial charge in [-0.15, -0.1) is 0 Å². The highest BCUT2D eigenvalue weighted by Gasteiger charge is 2.46. The number of alkyl halides is 3. The number of nitrogens with one attached hydrogen (secondary N) is 1. The highest BCUT2D eigenvalue weighted by atomic mass is 19.4. The minimum Gasteiger partial charge on any atom is -0.375 e. The summed E-state index contributed by atoms with van der Waals surface area (Å²) in [6, 6.07) is 0.0214. The number of halogens is 3. The second-order valence-electron chi connectivity index (χ2n) is 7.17. The summed E-state index contributed by atoms with van der Waals surface area (Å²) in [6.07, 6.45) is 4.18. The predicted molar refractivity (Wildman–Crippen MR) is 75.1 cm³/mol. The van der Waals surface area contributed by atoms with Crippen LogP contribution in [0.15, 0.2) is 0 Å². The molecule has 0 aromatic heterocycles. The highest BCUT2D eigenvalue weighted by molar-refractivity contribution is 4.95. The van der Waals surface area contributed by atoms with Crippen LogP contribution in [0, 0.1) is 11.8 Å². The van der Waals surface area contributed by atoms with E-state index in [-0.39, 0.29) is 24.5 Å². The Balaban J connectivity index is 1.63. The summed E-state index contributed by atoms with van der Waals surface area (Å²) in [5.74, 6) is -0.768. The zero-order valence-electron chi connectivity index (χ0n) is 12.6. The van der Waals surface area contributed by atoms with Crippen LogP contribution in [0.1, 0.15) is 57.8 Å². The molecule has 3 fully saturated rings. The molecule has 1 N–H and O–H groups in total. The molecule has 122 valence electrons. The van der Waals surface area contributed by atoms with E-state index in [4.69, 9.17) is 4.74 Å². The molecule has 1 spiro atoms. The molecule has 21 heavy (non-hydrogen) atoms. The Labute approximate surface area is 124 Å². The van der Waals surface area contributed by atoms with E-state index in [0.29, 0.717) is 12.5 Å². The van der Waals surface area contributed by atoms with Crippen molar-refractivity contribution in [1.82, 2.24) is 5.32 Å². The lowest BCUT2D eigenvalue weighted by Gasteiger charge is -2.47. The molecular formula is C16H26F3NO. The third-order valence-corrected chi connectivity index (χ3v) is 5.77. The van der Waals surface area contributed by atoms with Crippen LogP contribution in [-0.4, -0.2) is 31.0 Å². The summed E-state index contributed by atoms with van der Waals surface area (Å²) >= 11 is 0. The Morgan fingerprint density at radius 1 is 1.05 bits per heavy atom.